The van der Waals surface area contributed by atoms with Crippen molar-refractivity contribution in [3.63, 3.8) is 0 Å². The first-order valence-corrected chi connectivity index (χ1v) is 8.13. The number of nitrogen functional groups attached to an aromatic ring is 1. The van der Waals surface area contributed by atoms with Gasteiger partial charge in [0.2, 0.25) is 10.0 Å². The lowest BCUT2D eigenvalue weighted by molar-refractivity contribution is 0.580. The van der Waals surface area contributed by atoms with E-state index in [0.717, 1.165) is 5.56 Å². The van der Waals surface area contributed by atoms with Crippen LogP contribution in [0.1, 0.15) is 11.3 Å². The van der Waals surface area contributed by atoms with E-state index < -0.39 is 10.0 Å². The molecule has 0 saturated heterocycles. The molecular formula is C13H14BrN3O2S. The van der Waals surface area contributed by atoms with Gasteiger partial charge in [-0.15, -0.1) is 0 Å². The third kappa shape index (κ3) is 3.36. The van der Waals surface area contributed by atoms with Gasteiger partial charge in [0.1, 0.15) is 0 Å². The van der Waals surface area contributed by atoms with Crippen LogP contribution in [-0.2, 0) is 16.6 Å². The van der Waals surface area contributed by atoms with Crippen molar-refractivity contribution in [3.8, 4) is 0 Å². The lowest BCUT2D eigenvalue weighted by atomic mass is 10.2. The smallest absolute Gasteiger partial charge is 0.242 e. The summed E-state index contributed by atoms with van der Waals surface area (Å²) in [6, 6.07) is 8.34. The van der Waals surface area contributed by atoms with Gasteiger partial charge in [0.15, 0.2) is 0 Å². The summed E-state index contributed by atoms with van der Waals surface area (Å²) < 4.78 is 27.5. The summed E-state index contributed by atoms with van der Waals surface area (Å²) in [5, 5.41) is 0. The standard InChI is InChI=1S/C13H14BrN3O2S/c1-9-3-2-6-16-12(9)8-17-20(18,19)13-7-10(15)4-5-11(13)14/h2-7,17H,8,15H2,1H3. The third-order valence-corrected chi connectivity index (χ3v) is 5.19. The SMILES string of the molecule is Cc1cccnc1CNS(=O)(=O)c1cc(N)ccc1Br. The van der Waals surface area contributed by atoms with Crippen LogP contribution in [0.2, 0.25) is 0 Å². The highest BCUT2D eigenvalue weighted by Gasteiger charge is 2.18. The van der Waals surface area contributed by atoms with Gasteiger partial charge in [-0.2, -0.15) is 0 Å². The number of halogens is 1. The van der Waals surface area contributed by atoms with Crippen molar-refractivity contribution in [2.75, 3.05) is 5.73 Å². The summed E-state index contributed by atoms with van der Waals surface area (Å²) in [6.45, 7) is 2.02. The maximum absolute atomic E-state index is 12.3. The summed E-state index contributed by atoms with van der Waals surface area (Å²) in [6.07, 6.45) is 1.63. The Bertz CT molecular complexity index is 732. The van der Waals surface area contributed by atoms with E-state index in [1.807, 2.05) is 19.1 Å². The molecule has 0 bridgehead atoms. The van der Waals surface area contributed by atoms with E-state index in [1.54, 1.807) is 18.3 Å². The zero-order chi connectivity index (χ0) is 14.8. The van der Waals surface area contributed by atoms with Crippen LogP contribution in [0.25, 0.3) is 0 Å². The minimum absolute atomic E-state index is 0.117. The van der Waals surface area contributed by atoms with Crippen LogP contribution in [0.3, 0.4) is 0 Å². The summed E-state index contributed by atoms with van der Waals surface area (Å²) in [4.78, 5) is 4.27. The number of hydrogen-bond acceptors (Lipinski definition) is 4. The number of nitrogens with one attached hydrogen (secondary N) is 1. The van der Waals surface area contributed by atoms with Gasteiger partial charge < -0.3 is 5.73 Å². The van der Waals surface area contributed by atoms with Crippen LogP contribution in [-0.4, -0.2) is 13.4 Å². The molecular weight excluding hydrogens is 342 g/mol. The highest BCUT2D eigenvalue weighted by Crippen LogP contribution is 2.24. The van der Waals surface area contributed by atoms with E-state index in [0.29, 0.717) is 15.9 Å². The number of nitrogens with two attached hydrogens (primary N) is 1. The van der Waals surface area contributed by atoms with Gasteiger partial charge in [-0.3, -0.25) is 4.98 Å². The number of rotatable bonds is 4. The topological polar surface area (TPSA) is 85.1 Å². The molecule has 0 aliphatic rings. The number of benzene rings is 1. The molecule has 0 spiro atoms. The molecule has 3 N–H and O–H groups in total. The van der Waals surface area contributed by atoms with Crippen molar-refractivity contribution in [1.29, 1.82) is 0 Å². The van der Waals surface area contributed by atoms with E-state index in [9.17, 15) is 8.42 Å². The molecule has 0 aliphatic heterocycles. The van der Waals surface area contributed by atoms with Crippen molar-refractivity contribution >= 4 is 31.6 Å². The van der Waals surface area contributed by atoms with Crippen molar-refractivity contribution in [3.05, 3.63) is 52.3 Å². The van der Waals surface area contributed by atoms with E-state index in [2.05, 4.69) is 25.6 Å². The molecule has 106 valence electrons. The summed E-state index contributed by atoms with van der Waals surface area (Å²) in [7, 11) is -3.65. The Balaban J connectivity index is 2.24. The van der Waals surface area contributed by atoms with Crippen molar-refractivity contribution in [2.24, 2.45) is 0 Å². The predicted octanol–water partition coefficient (Wildman–Crippen LogP) is 2.21. The summed E-state index contributed by atoms with van der Waals surface area (Å²) in [5.41, 5.74) is 7.64. The Morgan fingerprint density at radius 2 is 2.10 bits per heavy atom. The number of pyridine rings is 1. The third-order valence-electron chi connectivity index (χ3n) is 2.79. The Hall–Kier alpha value is -1.44. The fourth-order valence-corrected chi connectivity index (χ4v) is 3.65. The van der Waals surface area contributed by atoms with Crippen LogP contribution >= 0.6 is 15.9 Å². The van der Waals surface area contributed by atoms with Crippen LogP contribution in [0, 0.1) is 6.92 Å². The molecule has 1 aromatic heterocycles. The number of nitrogens with zero attached hydrogens (tertiary/aromatic N) is 1. The maximum Gasteiger partial charge on any atom is 0.242 e. The molecule has 20 heavy (non-hydrogen) atoms. The zero-order valence-electron chi connectivity index (χ0n) is 10.8. The van der Waals surface area contributed by atoms with Crippen LogP contribution in [0.15, 0.2) is 45.9 Å². The van der Waals surface area contributed by atoms with E-state index >= 15 is 0 Å². The van der Waals surface area contributed by atoms with E-state index in [1.165, 1.54) is 6.07 Å². The second-order valence-corrected chi connectivity index (χ2v) is 6.87. The number of hydrogen-bond donors (Lipinski definition) is 2. The Kier molecular flexibility index (Phi) is 4.42. The maximum atomic E-state index is 12.3. The predicted molar refractivity (Wildman–Crippen MR) is 81.6 cm³/mol. The molecule has 0 amide bonds. The minimum atomic E-state index is -3.65. The Morgan fingerprint density at radius 1 is 1.35 bits per heavy atom. The van der Waals surface area contributed by atoms with E-state index in [-0.39, 0.29) is 11.4 Å². The molecule has 1 heterocycles. The van der Waals surface area contributed by atoms with Gasteiger partial charge in [0.05, 0.1) is 17.1 Å². The van der Waals surface area contributed by atoms with Gasteiger partial charge in [-0.1, -0.05) is 6.07 Å². The lowest BCUT2D eigenvalue weighted by Gasteiger charge is -2.10. The van der Waals surface area contributed by atoms with Gasteiger partial charge in [0.25, 0.3) is 0 Å². The first-order valence-electron chi connectivity index (χ1n) is 5.85. The van der Waals surface area contributed by atoms with Gasteiger partial charge in [-0.05, 0) is 52.7 Å². The molecule has 0 saturated carbocycles. The largest absolute Gasteiger partial charge is 0.399 e. The highest BCUT2D eigenvalue weighted by molar-refractivity contribution is 9.10. The molecule has 0 atom stereocenters. The molecule has 7 heteroatoms. The second kappa shape index (κ2) is 5.90. The fourth-order valence-electron chi connectivity index (χ4n) is 1.67. The van der Waals surface area contributed by atoms with Crippen molar-refractivity contribution in [2.45, 2.75) is 18.4 Å². The first-order chi connectivity index (χ1) is 9.40. The Labute approximate surface area is 126 Å². The quantitative estimate of drug-likeness (QED) is 0.823. The normalized spacial score (nSPS) is 11.5. The number of sulfonamides is 1. The average molecular weight is 356 g/mol. The molecule has 2 aromatic rings. The van der Waals surface area contributed by atoms with Crippen LogP contribution in [0.4, 0.5) is 5.69 Å². The summed E-state index contributed by atoms with van der Waals surface area (Å²) in [5.74, 6) is 0. The van der Waals surface area contributed by atoms with E-state index in [4.69, 9.17) is 5.73 Å². The summed E-state index contributed by atoms with van der Waals surface area (Å²) >= 11 is 3.22. The fraction of sp³-hybridized carbons (Fsp3) is 0.154. The monoisotopic (exact) mass is 355 g/mol. The second-order valence-electron chi connectivity index (χ2n) is 4.28. The van der Waals surface area contributed by atoms with Crippen LogP contribution < -0.4 is 10.5 Å². The zero-order valence-corrected chi connectivity index (χ0v) is 13.2. The molecule has 0 radical (unpaired) electrons. The minimum Gasteiger partial charge on any atom is -0.399 e. The number of anilines is 1. The average Bonchev–Trinajstić information content (AvgIpc) is 2.40. The number of aryl methyl sites for hydroxylation is 1. The highest BCUT2D eigenvalue weighted by atomic mass is 79.9. The van der Waals surface area contributed by atoms with Crippen molar-refractivity contribution in [1.82, 2.24) is 9.71 Å². The number of aromatic nitrogens is 1. The van der Waals surface area contributed by atoms with Crippen LogP contribution in [0.5, 0.6) is 0 Å². The Morgan fingerprint density at radius 3 is 2.80 bits per heavy atom. The van der Waals surface area contributed by atoms with Crippen molar-refractivity contribution < 1.29 is 8.42 Å². The lowest BCUT2D eigenvalue weighted by Crippen LogP contribution is -2.24. The van der Waals surface area contributed by atoms with Gasteiger partial charge in [-0.25, -0.2) is 13.1 Å². The van der Waals surface area contributed by atoms with Gasteiger partial charge >= 0.3 is 0 Å². The van der Waals surface area contributed by atoms with Gasteiger partial charge in [0, 0.05) is 16.4 Å². The molecule has 1 aromatic carbocycles. The molecule has 5 nitrogen and oxygen atoms in total. The molecule has 0 unspecified atom stereocenters. The molecule has 2 rings (SSSR count). The molecule has 0 fully saturated rings. The molecule has 0 aliphatic carbocycles. The first kappa shape index (κ1) is 15.0.